The highest BCUT2D eigenvalue weighted by atomic mass is 16.7. The van der Waals surface area contributed by atoms with Crippen LogP contribution in [-0.2, 0) is 14.0 Å². The molecule has 0 amide bonds. The van der Waals surface area contributed by atoms with Gasteiger partial charge in [-0.3, -0.25) is 0 Å². The number of rotatable bonds is 3. The zero-order valence-electron chi connectivity index (χ0n) is 10.1. The molecule has 1 aliphatic rings. The SMILES string of the molecule is CC(C)OCB1OC(C)(C)C(C)(C)O1. The van der Waals surface area contributed by atoms with Crippen LogP contribution in [0.2, 0.25) is 0 Å². The van der Waals surface area contributed by atoms with Crippen LogP contribution in [0.15, 0.2) is 0 Å². The van der Waals surface area contributed by atoms with E-state index < -0.39 is 0 Å². The van der Waals surface area contributed by atoms with Gasteiger partial charge in [0.25, 0.3) is 0 Å². The van der Waals surface area contributed by atoms with Gasteiger partial charge in [-0.15, -0.1) is 0 Å². The van der Waals surface area contributed by atoms with Crippen LogP contribution >= 0.6 is 0 Å². The Morgan fingerprint density at radius 2 is 1.50 bits per heavy atom. The zero-order chi connectivity index (χ0) is 11.0. The lowest BCUT2D eigenvalue weighted by atomic mass is 9.90. The summed E-state index contributed by atoms with van der Waals surface area (Å²) in [4.78, 5) is 0. The highest BCUT2D eigenvalue weighted by Crippen LogP contribution is 2.36. The van der Waals surface area contributed by atoms with Gasteiger partial charge in [0.15, 0.2) is 0 Å². The molecule has 0 unspecified atom stereocenters. The van der Waals surface area contributed by atoms with Crippen LogP contribution in [-0.4, -0.2) is 30.9 Å². The number of ether oxygens (including phenoxy) is 1. The first-order valence-electron chi connectivity index (χ1n) is 5.22. The van der Waals surface area contributed by atoms with Gasteiger partial charge in [0.1, 0.15) is 0 Å². The molecule has 0 aromatic rings. The van der Waals surface area contributed by atoms with E-state index >= 15 is 0 Å². The molecule has 1 aliphatic heterocycles. The highest BCUT2D eigenvalue weighted by molar-refractivity contribution is 6.45. The molecule has 0 spiro atoms. The molecule has 3 nitrogen and oxygen atoms in total. The average Bonchev–Trinajstić information content (AvgIpc) is 2.17. The molecule has 0 aromatic carbocycles. The van der Waals surface area contributed by atoms with E-state index in [2.05, 4.69) is 0 Å². The summed E-state index contributed by atoms with van der Waals surface area (Å²) in [6, 6.07) is 0. The van der Waals surface area contributed by atoms with Crippen molar-refractivity contribution in [3.63, 3.8) is 0 Å². The Balaban J connectivity index is 2.47. The molecule has 0 aromatic heterocycles. The fourth-order valence-electron chi connectivity index (χ4n) is 1.30. The molecule has 1 saturated heterocycles. The quantitative estimate of drug-likeness (QED) is 0.652. The molecule has 1 rings (SSSR count). The van der Waals surface area contributed by atoms with Crippen molar-refractivity contribution in [2.24, 2.45) is 0 Å². The maximum atomic E-state index is 5.77. The van der Waals surface area contributed by atoms with Crippen LogP contribution in [0.4, 0.5) is 0 Å². The van der Waals surface area contributed by atoms with Crippen molar-refractivity contribution in [2.45, 2.75) is 58.8 Å². The van der Waals surface area contributed by atoms with Crippen molar-refractivity contribution in [2.75, 3.05) is 6.51 Å². The van der Waals surface area contributed by atoms with Crippen LogP contribution in [0.5, 0.6) is 0 Å². The minimum Gasteiger partial charge on any atom is -0.402 e. The molecule has 0 N–H and O–H groups in total. The van der Waals surface area contributed by atoms with E-state index in [1.165, 1.54) is 0 Å². The van der Waals surface area contributed by atoms with E-state index in [9.17, 15) is 0 Å². The summed E-state index contributed by atoms with van der Waals surface area (Å²) in [5.74, 6) is 0. The Bertz CT molecular complexity index is 186. The van der Waals surface area contributed by atoms with Crippen LogP contribution in [0, 0.1) is 0 Å². The number of hydrogen-bond acceptors (Lipinski definition) is 3. The molecule has 0 atom stereocenters. The maximum Gasteiger partial charge on any atom is 0.485 e. The van der Waals surface area contributed by atoms with Gasteiger partial charge in [0.2, 0.25) is 0 Å². The first-order chi connectivity index (χ1) is 6.24. The van der Waals surface area contributed by atoms with Crippen LogP contribution in [0.1, 0.15) is 41.5 Å². The summed E-state index contributed by atoms with van der Waals surface area (Å²) < 4.78 is 17.0. The van der Waals surface area contributed by atoms with E-state index in [0.717, 1.165) is 0 Å². The third-order valence-electron chi connectivity index (χ3n) is 2.87. The molecule has 1 fully saturated rings. The fourth-order valence-corrected chi connectivity index (χ4v) is 1.30. The van der Waals surface area contributed by atoms with E-state index in [0.29, 0.717) is 6.51 Å². The Kier molecular flexibility index (Phi) is 3.29. The van der Waals surface area contributed by atoms with E-state index in [1.54, 1.807) is 0 Å². The van der Waals surface area contributed by atoms with Gasteiger partial charge in [-0.05, 0) is 41.5 Å². The smallest absolute Gasteiger partial charge is 0.402 e. The summed E-state index contributed by atoms with van der Waals surface area (Å²) in [5.41, 5.74) is -0.504. The van der Waals surface area contributed by atoms with E-state index in [1.807, 2.05) is 41.5 Å². The second-order valence-electron chi connectivity index (χ2n) is 5.07. The second-order valence-corrected chi connectivity index (χ2v) is 5.07. The molecule has 0 aliphatic carbocycles. The normalized spacial score (nSPS) is 24.6. The van der Waals surface area contributed by atoms with Crippen molar-refractivity contribution >= 4 is 7.12 Å². The molecule has 14 heavy (non-hydrogen) atoms. The van der Waals surface area contributed by atoms with Gasteiger partial charge in [-0.25, -0.2) is 0 Å². The number of hydrogen-bond donors (Lipinski definition) is 0. The molecule has 0 bridgehead atoms. The van der Waals surface area contributed by atoms with E-state index in [-0.39, 0.29) is 24.4 Å². The zero-order valence-corrected chi connectivity index (χ0v) is 10.1. The maximum absolute atomic E-state index is 5.77. The lowest BCUT2D eigenvalue weighted by molar-refractivity contribution is 0.00578. The molecular formula is C10H21BO3. The highest BCUT2D eigenvalue weighted by Gasteiger charge is 2.51. The largest absolute Gasteiger partial charge is 0.485 e. The van der Waals surface area contributed by atoms with Crippen molar-refractivity contribution in [1.29, 1.82) is 0 Å². The fraction of sp³-hybridized carbons (Fsp3) is 1.00. The molecule has 0 radical (unpaired) electrons. The minimum absolute atomic E-state index is 0.217. The summed E-state index contributed by atoms with van der Waals surface area (Å²) in [6.45, 7) is 12.7. The third-order valence-corrected chi connectivity index (χ3v) is 2.87. The standard InChI is InChI=1S/C10H21BO3/c1-8(2)12-7-11-13-9(3,4)10(5,6)14-11/h8H,7H2,1-6H3. The topological polar surface area (TPSA) is 27.7 Å². The molecule has 4 heteroatoms. The Morgan fingerprint density at radius 3 is 1.86 bits per heavy atom. The molecule has 0 saturated carbocycles. The first-order valence-corrected chi connectivity index (χ1v) is 5.22. The first kappa shape index (κ1) is 12.0. The van der Waals surface area contributed by atoms with E-state index in [4.69, 9.17) is 14.0 Å². The predicted octanol–water partition coefficient (Wildman–Crippen LogP) is 2.04. The van der Waals surface area contributed by atoms with Crippen LogP contribution in [0.3, 0.4) is 0 Å². The third kappa shape index (κ3) is 2.50. The van der Waals surface area contributed by atoms with Gasteiger partial charge in [0.05, 0.1) is 23.8 Å². The monoisotopic (exact) mass is 200 g/mol. The van der Waals surface area contributed by atoms with Gasteiger partial charge >= 0.3 is 7.12 Å². The van der Waals surface area contributed by atoms with Crippen LogP contribution < -0.4 is 0 Å². The molecular weight excluding hydrogens is 179 g/mol. The van der Waals surface area contributed by atoms with Gasteiger partial charge in [0, 0.05) is 0 Å². The molecule has 1 heterocycles. The summed E-state index contributed by atoms with van der Waals surface area (Å²) in [6.07, 6.45) is 0.217. The minimum atomic E-state index is -0.252. The molecule has 82 valence electrons. The van der Waals surface area contributed by atoms with Crippen molar-refractivity contribution in [3.8, 4) is 0 Å². The Morgan fingerprint density at radius 1 is 1.07 bits per heavy atom. The van der Waals surface area contributed by atoms with Gasteiger partial charge < -0.3 is 14.0 Å². The van der Waals surface area contributed by atoms with Crippen molar-refractivity contribution in [3.05, 3.63) is 0 Å². The lowest BCUT2D eigenvalue weighted by Crippen LogP contribution is -2.41. The van der Waals surface area contributed by atoms with Crippen LogP contribution in [0.25, 0.3) is 0 Å². The van der Waals surface area contributed by atoms with Crippen molar-refractivity contribution < 1.29 is 14.0 Å². The summed E-state index contributed by atoms with van der Waals surface area (Å²) in [7, 11) is -0.234. The van der Waals surface area contributed by atoms with Gasteiger partial charge in [-0.2, -0.15) is 0 Å². The average molecular weight is 200 g/mol. The van der Waals surface area contributed by atoms with Gasteiger partial charge in [-0.1, -0.05) is 0 Å². The van der Waals surface area contributed by atoms with Crippen molar-refractivity contribution in [1.82, 2.24) is 0 Å². The lowest BCUT2D eigenvalue weighted by Gasteiger charge is -2.32. The second kappa shape index (κ2) is 3.84. The summed E-state index contributed by atoms with van der Waals surface area (Å²) >= 11 is 0. The predicted molar refractivity (Wildman–Crippen MR) is 57.2 cm³/mol. The summed E-state index contributed by atoms with van der Waals surface area (Å²) in [5, 5.41) is 0. The Hall–Kier alpha value is -0.0551. The Labute approximate surface area is 87.3 Å².